The summed E-state index contributed by atoms with van der Waals surface area (Å²) in [5.41, 5.74) is 3.51. The van der Waals surface area contributed by atoms with Crippen LogP contribution in [0.2, 0.25) is 0 Å². The molecule has 2 aromatic rings. The largest absolute Gasteiger partial charge is 0.457 e. The first-order valence-corrected chi connectivity index (χ1v) is 13.9. The molecule has 3 aliphatic rings. The number of carbonyl (C=O) groups excluding carboxylic acids is 1. The third-order valence-corrected chi connectivity index (χ3v) is 9.60. The maximum absolute atomic E-state index is 12.0. The molecular weight excluding hydrogens is 504 g/mol. The van der Waals surface area contributed by atoms with Gasteiger partial charge in [-0.2, -0.15) is 0 Å². The fourth-order valence-corrected chi connectivity index (χ4v) is 6.32. The van der Waals surface area contributed by atoms with Crippen molar-refractivity contribution in [2.45, 2.75) is 50.8 Å². The summed E-state index contributed by atoms with van der Waals surface area (Å²) < 4.78 is 29.1. The van der Waals surface area contributed by atoms with Crippen LogP contribution in [0.1, 0.15) is 59.3 Å². The van der Waals surface area contributed by atoms with Crippen LogP contribution >= 0.6 is 12.4 Å². The van der Waals surface area contributed by atoms with Gasteiger partial charge in [0.15, 0.2) is 14.9 Å². The summed E-state index contributed by atoms with van der Waals surface area (Å²) in [5, 5.41) is 11.0. The van der Waals surface area contributed by atoms with Crippen LogP contribution in [0.5, 0.6) is 0 Å². The zero-order valence-corrected chi connectivity index (χ0v) is 22.3. The van der Waals surface area contributed by atoms with Crippen molar-refractivity contribution in [2.24, 2.45) is 5.41 Å². The van der Waals surface area contributed by atoms with Gasteiger partial charge >= 0.3 is 5.97 Å². The topological polar surface area (TPSA) is 113 Å². The van der Waals surface area contributed by atoms with Crippen LogP contribution in [0, 0.1) is 12.3 Å². The molecule has 1 aromatic carbocycles. The molecule has 1 aromatic heterocycles. The number of aliphatic hydroxyl groups excluding tert-OH is 1. The van der Waals surface area contributed by atoms with Gasteiger partial charge in [-0.3, -0.25) is 0 Å². The van der Waals surface area contributed by atoms with Gasteiger partial charge in [-0.1, -0.05) is 13.0 Å². The summed E-state index contributed by atoms with van der Waals surface area (Å²) in [6.07, 6.45) is 5.47. The Bertz CT molecular complexity index is 1230. The Morgan fingerprint density at radius 2 is 1.86 bits per heavy atom. The van der Waals surface area contributed by atoms with Gasteiger partial charge in [-0.25, -0.2) is 23.2 Å². The molecule has 0 amide bonds. The number of cyclic esters (lactones) is 1. The number of halogens is 1. The zero-order valence-electron chi connectivity index (χ0n) is 20.6. The Kier molecular flexibility index (Phi) is 7.62. The molecule has 0 bridgehead atoms. The zero-order chi connectivity index (χ0) is 24.8. The van der Waals surface area contributed by atoms with Gasteiger partial charge in [-0.05, 0) is 61.9 Å². The fraction of sp³-hybridized carbons (Fsp3) is 0.560. The van der Waals surface area contributed by atoms with Crippen molar-refractivity contribution in [1.82, 2.24) is 14.9 Å². The number of aromatic nitrogens is 2. The molecular formula is C25H33ClN4O5S. The second-order valence-corrected chi connectivity index (χ2v) is 12.2. The number of hydrogen-bond donors (Lipinski definition) is 1. The molecule has 0 aliphatic carbocycles. The SMILES string of the molecule is CCS(=O)(=O)c1cnc(N2CCC3(CCN(C[C@H](O)c4ccc5c(c4C)COC5=O)CC3)C2)cn1.Cl. The third-order valence-electron chi connectivity index (χ3n) is 7.99. The molecule has 5 rings (SSSR count). The Labute approximate surface area is 218 Å². The fourth-order valence-electron chi connectivity index (χ4n) is 5.60. The van der Waals surface area contributed by atoms with E-state index in [1.54, 1.807) is 19.2 Å². The Balaban J connectivity index is 0.00000304. The quantitative estimate of drug-likeness (QED) is 0.556. The number of nitrogens with zero attached hydrogens (tertiary/aromatic N) is 4. The van der Waals surface area contributed by atoms with E-state index in [-0.39, 0.29) is 41.2 Å². The predicted octanol–water partition coefficient (Wildman–Crippen LogP) is 2.70. The van der Waals surface area contributed by atoms with E-state index >= 15 is 0 Å². The van der Waals surface area contributed by atoms with Gasteiger partial charge < -0.3 is 19.6 Å². The molecule has 9 nitrogen and oxygen atoms in total. The lowest BCUT2D eigenvalue weighted by Crippen LogP contribution is -2.43. The number of benzene rings is 1. The predicted molar refractivity (Wildman–Crippen MR) is 137 cm³/mol. The van der Waals surface area contributed by atoms with Crippen molar-refractivity contribution in [3.63, 3.8) is 0 Å². The Morgan fingerprint density at radius 3 is 2.53 bits per heavy atom. The van der Waals surface area contributed by atoms with Crippen LogP contribution in [-0.4, -0.2) is 72.8 Å². The highest BCUT2D eigenvalue weighted by atomic mass is 35.5. The first kappa shape index (κ1) is 26.8. The maximum atomic E-state index is 12.0. The second kappa shape index (κ2) is 10.2. The summed E-state index contributed by atoms with van der Waals surface area (Å²) >= 11 is 0. The number of aliphatic hydroxyl groups is 1. The first-order chi connectivity index (χ1) is 16.7. The molecule has 1 spiro atoms. The molecule has 0 radical (unpaired) electrons. The summed E-state index contributed by atoms with van der Waals surface area (Å²) in [5.74, 6) is 0.451. The number of anilines is 1. The summed E-state index contributed by atoms with van der Waals surface area (Å²) in [6.45, 7) is 7.99. The van der Waals surface area contributed by atoms with E-state index in [0.29, 0.717) is 12.1 Å². The molecule has 2 fully saturated rings. The molecule has 1 N–H and O–H groups in total. The maximum Gasteiger partial charge on any atom is 0.338 e. The van der Waals surface area contributed by atoms with E-state index in [2.05, 4.69) is 19.8 Å². The summed E-state index contributed by atoms with van der Waals surface area (Å²) in [4.78, 5) is 24.9. The first-order valence-electron chi connectivity index (χ1n) is 12.2. The van der Waals surface area contributed by atoms with Crippen molar-refractivity contribution >= 4 is 34.0 Å². The lowest BCUT2D eigenvalue weighted by molar-refractivity contribution is 0.0534. The highest BCUT2D eigenvalue weighted by molar-refractivity contribution is 7.91. The van der Waals surface area contributed by atoms with E-state index in [9.17, 15) is 18.3 Å². The Morgan fingerprint density at radius 1 is 1.14 bits per heavy atom. The minimum atomic E-state index is -3.35. The number of rotatable bonds is 6. The second-order valence-electron chi connectivity index (χ2n) is 9.99. The van der Waals surface area contributed by atoms with Crippen LogP contribution in [0.4, 0.5) is 5.82 Å². The van der Waals surface area contributed by atoms with Crippen LogP contribution in [0.3, 0.4) is 0 Å². The van der Waals surface area contributed by atoms with Crippen LogP contribution in [-0.2, 0) is 21.2 Å². The van der Waals surface area contributed by atoms with Gasteiger partial charge in [-0.15, -0.1) is 12.4 Å². The standard InChI is InChI=1S/C25H32N4O5S.ClH/c1-3-35(32,33)23-13-26-22(12-27-23)29-11-8-25(16-29)6-9-28(10-7-25)14-21(30)18-4-5-19-20(17(18)2)15-34-24(19)31;/h4-5,12-13,21,30H,3,6-11,14-16H2,1-2H3;1H/t21-;/m0./s1. The minimum Gasteiger partial charge on any atom is -0.457 e. The average Bonchev–Trinajstić information content (AvgIpc) is 3.45. The average molecular weight is 537 g/mol. The third kappa shape index (κ3) is 4.96. The van der Waals surface area contributed by atoms with E-state index in [0.717, 1.165) is 67.9 Å². The molecule has 3 aliphatic heterocycles. The lowest BCUT2D eigenvalue weighted by Gasteiger charge is -2.40. The number of sulfone groups is 1. The molecule has 36 heavy (non-hydrogen) atoms. The van der Waals surface area contributed by atoms with Crippen LogP contribution in [0.15, 0.2) is 29.6 Å². The van der Waals surface area contributed by atoms with E-state index in [1.165, 1.54) is 6.20 Å². The highest BCUT2D eigenvalue weighted by Gasteiger charge is 2.41. The number of β-amino-alcohol motifs (C(OH)–C–C–N with tert-alkyl or cyclic N) is 1. The smallest absolute Gasteiger partial charge is 0.338 e. The number of likely N-dealkylation sites (tertiary alicyclic amines) is 1. The normalized spacial score (nSPS) is 20.2. The van der Waals surface area contributed by atoms with E-state index in [1.807, 2.05) is 13.0 Å². The van der Waals surface area contributed by atoms with Gasteiger partial charge in [0.05, 0.1) is 29.8 Å². The number of ether oxygens (including phenoxy) is 1. The molecule has 1 atom stereocenters. The molecule has 196 valence electrons. The Hall–Kier alpha value is -2.27. The van der Waals surface area contributed by atoms with Gasteiger partial charge in [0.1, 0.15) is 12.4 Å². The lowest BCUT2D eigenvalue weighted by atomic mass is 9.77. The number of carbonyl (C=O) groups is 1. The molecule has 11 heteroatoms. The van der Waals surface area contributed by atoms with Gasteiger partial charge in [0.2, 0.25) is 0 Å². The monoisotopic (exact) mass is 536 g/mol. The number of fused-ring (bicyclic) bond motifs is 1. The van der Waals surface area contributed by atoms with E-state index < -0.39 is 15.9 Å². The van der Waals surface area contributed by atoms with E-state index in [4.69, 9.17) is 4.74 Å². The van der Waals surface area contributed by atoms with Crippen molar-refractivity contribution < 1.29 is 23.1 Å². The van der Waals surface area contributed by atoms with Crippen LogP contribution < -0.4 is 4.90 Å². The summed E-state index contributed by atoms with van der Waals surface area (Å²) in [7, 11) is -3.35. The number of piperidine rings is 1. The minimum absolute atomic E-state index is 0. The van der Waals surface area contributed by atoms with Crippen molar-refractivity contribution in [2.75, 3.05) is 43.4 Å². The molecule has 0 saturated carbocycles. The molecule has 0 unspecified atom stereocenters. The van der Waals surface area contributed by atoms with Gasteiger partial charge in [0, 0.05) is 25.2 Å². The molecule has 2 saturated heterocycles. The summed E-state index contributed by atoms with van der Waals surface area (Å²) in [6, 6.07) is 3.62. The number of hydrogen-bond acceptors (Lipinski definition) is 9. The van der Waals surface area contributed by atoms with Crippen molar-refractivity contribution in [3.05, 3.63) is 46.8 Å². The highest BCUT2D eigenvalue weighted by Crippen LogP contribution is 2.42. The van der Waals surface area contributed by atoms with Crippen LogP contribution in [0.25, 0.3) is 0 Å². The number of esters is 1. The van der Waals surface area contributed by atoms with Gasteiger partial charge in [0.25, 0.3) is 0 Å². The molecule has 4 heterocycles. The van der Waals surface area contributed by atoms with Crippen molar-refractivity contribution in [1.29, 1.82) is 0 Å². The van der Waals surface area contributed by atoms with Crippen molar-refractivity contribution in [3.8, 4) is 0 Å².